The summed E-state index contributed by atoms with van der Waals surface area (Å²) in [5, 5.41) is 2.72. The molecule has 0 aromatic heterocycles. The van der Waals surface area contributed by atoms with Crippen molar-refractivity contribution in [1.82, 2.24) is 0 Å². The molecule has 2 rings (SSSR count). The molecule has 0 aliphatic carbocycles. The van der Waals surface area contributed by atoms with Gasteiger partial charge in [-0.15, -0.1) is 0 Å². The first-order valence-corrected chi connectivity index (χ1v) is 8.91. The Kier molecular flexibility index (Phi) is 7.68. The summed E-state index contributed by atoms with van der Waals surface area (Å²) in [5.41, 5.74) is 1.22. The number of anilines is 1. The number of esters is 1. The van der Waals surface area contributed by atoms with Gasteiger partial charge in [-0.05, 0) is 43.7 Å². The van der Waals surface area contributed by atoms with Crippen LogP contribution in [-0.4, -0.2) is 38.8 Å². The van der Waals surface area contributed by atoms with Gasteiger partial charge in [0.2, 0.25) is 0 Å². The topological polar surface area (TPSA) is 83.1 Å². The zero-order valence-electron chi connectivity index (χ0n) is 16.5. The molecule has 1 N–H and O–H groups in total. The molecule has 0 spiro atoms. The predicted molar refractivity (Wildman–Crippen MR) is 105 cm³/mol. The van der Waals surface area contributed by atoms with Crippen molar-refractivity contribution in [2.75, 3.05) is 26.1 Å². The number of carbonyl (C=O) groups excluding carboxylic acids is 2. The number of carbonyl (C=O) groups is 2. The second-order valence-corrected chi connectivity index (χ2v) is 5.92. The molecule has 0 fully saturated rings. The van der Waals surface area contributed by atoms with E-state index in [1.54, 1.807) is 36.4 Å². The number of nitrogens with one attached hydrogen (secondary N) is 1. The molecule has 0 saturated carbocycles. The van der Waals surface area contributed by atoms with Crippen LogP contribution in [0.15, 0.2) is 42.5 Å². The molecular weight excluding hydrogens is 362 g/mol. The van der Waals surface area contributed by atoms with E-state index in [-0.39, 0.29) is 6.42 Å². The number of ether oxygens (including phenoxy) is 4. The molecule has 150 valence electrons. The van der Waals surface area contributed by atoms with Crippen LogP contribution in [0.5, 0.6) is 17.2 Å². The van der Waals surface area contributed by atoms with Crippen LogP contribution in [0.4, 0.5) is 5.69 Å². The lowest BCUT2D eigenvalue weighted by molar-refractivity contribution is -0.152. The summed E-state index contributed by atoms with van der Waals surface area (Å²) in [7, 11) is 3.06. The van der Waals surface area contributed by atoms with E-state index >= 15 is 0 Å². The highest BCUT2D eigenvalue weighted by molar-refractivity contribution is 5.96. The van der Waals surface area contributed by atoms with Gasteiger partial charge < -0.3 is 24.3 Å². The van der Waals surface area contributed by atoms with Crippen LogP contribution < -0.4 is 19.5 Å². The first kappa shape index (κ1) is 21.1. The van der Waals surface area contributed by atoms with E-state index in [0.29, 0.717) is 35.1 Å². The summed E-state index contributed by atoms with van der Waals surface area (Å²) in [6.45, 7) is 3.85. The van der Waals surface area contributed by atoms with Crippen LogP contribution in [0.25, 0.3) is 0 Å². The maximum absolute atomic E-state index is 12.4. The minimum atomic E-state index is -0.956. The maximum atomic E-state index is 12.4. The number of hydrogen-bond acceptors (Lipinski definition) is 6. The molecule has 7 nitrogen and oxygen atoms in total. The normalized spacial score (nSPS) is 11.3. The highest BCUT2D eigenvalue weighted by atomic mass is 16.5. The first-order valence-electron chi connectivity index (χ1n) is 8.91. The molecule has 0 aliphatic rings. The summed E-state index contributed by atoms with van der Waals surface area (Å²) in [6.07, 6.45) is -0.949. The minimum Gasteiger partial charge on any atom is -0.493 e. The Morgan fingerprint density at radius 2 is 1.71 bits per heavy atom. The fourth-order valence-electron chi connectivity index (χ4n) is 2.54. The van der Waals surface area contributed by atoms with Gasteiger partial charge in [-0.1, -0.05) is 18.2 Å². The van der Waals surface area contributed by atoms with Gasteiger partial charge >= 0.3 is 5.97 Å². The Balaban J connectivity index is 1.96. The largest absolute Gasteiger partial charge is 0.493 e. The average molecular weight is 387 g/mol. The van der Waals surface area contributed by atoms with Crippen molar-refractivity contribution in [2.24, 2.45) is 0 Å². The van der Waals surface area contributed by atoms with Crippen molar-refractivity contribution < 1.29 is 28.5 Å². The third-order valence-electron chi connectivity index (χ3n) is 3.92. The van der Waals surface area contributed by atoms with Crippen molar-refractivity contribution in [2.45, 2.75) is 26.4 Å². The smallest absolute Gasteiger partial charge is 0.311 e. The quantitative estimate of drug-likeness (QED) is 0.665. The van der Waals surface area contributed by atoms with Crippen LogP contribution in [-0.2, 0) is 20.7 Å². The Morgan fingerprint density at radius 3 is 2.39 bits per heavy atom. The zero-order valence-corrected chi connectivity index (χ0v) is 16.5. The molecule has 1 unspecified atom stereocenters. The molecule has 0 heterocycles. The fourth-order valence-corrected chi connectivity index (χ4v) is 2.54. The molecule has 2 aromatic rings. The van der Waals surface area contributed by atoms with Gasteiger partial charge in [-0.2, -0.15) is 0 Å². The Hall–Kier alpha value is -3.22. The number of benzene rings is 2. The zero-order chi connectivity index (χ0) is 20.5. The maximum Gasteiger partial charge on any atom is 0.311 e. The molecule has 0 radical (unpaired) electrons. The van der Waals surface area contributed by atoms with Crippen LogP contribution >= 0.6 is 0 Å². The third-order valence-corrected chi connectivity index (χ3v) is 3.92. The lowest BCUT2D eigenvalue weighted by Gasteiger charge is -2.16. The summed E-state index contributed by atoms with van der Waals surface area (Å²) < 4.78 is 21.1. The molecule has 0 bridgehead atoms. The number of methoxy groups -OCH3 is 2. The predicted octanol–water partition coefficient (Wildman–Crippen LogP) is 3.22. The van der Waals surface area contributed by atoms with Crippen LogP contribution in [0.2, 0.25) is 0 Å². The summed E-state index contributed by atoms with van der Waals surface area (Å²) in [4.78, 5) is 24.6. The van der Waals surface area contributed by atoms with Crippen molar-refractivity contribution >= 4 is 17.6 Å². The van der Waals surface area contributed by atoms with E-state index in [1.807, 2.05) is 13.0 Å². The summed E-state index contributed by atoms with van der Waals surface area (Å²) >= 11 is 0. The van der Waals surface area contributed by atoms with E-state index in [0.717, 1.165) is 0 Å². The Bertz CT molecular complexity index is 820. The number of rotatable bonds is 9. The molecule has 0 aliphatic heterocycles. The molecule has 7 heteroatoms. The number of hydrogen-bond donors (Lipinski definition) is 1. The number of para-hydroxylation sites is 2. The molecule has 0 saturated heterocycles. The van der Waals surface area contributed by atoms with Gasteiger partial charge in [0.25, 0.3) is 5.91 Å². The third kappa shape index (κ3) is 5.64. The molecule has 2 aromatic carbocycles. The lowest BCUT2D eigenvalue weighted by Crippen LogP contribution is -2.30. The van der Waals surface area contributed by atoms with Crippen molar-refractivity contribution in [3.8, 4) is 17.2 Å². The van der Waals surface area contributed by atoms with E-state index in [2.05, 4.69) is 5.32 Å². The van der Waals surface area contributed by atoms with Crippen molar-refractivity contribution in [3.63, 3.8) is 0 Å². The molecule has 1 atom stereocenters. The van der Waals surface area contributed by atoms with Gasteiger partial charge in [0.15, 0.2) is 17.6 Å². The molecular formula is C21H25NO6. The van der Waals surface area contributed by atoms with E-state index in [9.17, 15) is 9.59 Å². The fraction of sp³-hybridized carbons (Fsp3) is 0.333. The monoisotopic (exact) mass is 387 g/mol. The van der Waals surface area contributed by atoms with Gasteiger partial charge in [-0.3, -0.25) is 9.59 Å². The molecule has 28 heavy (non-hydrogen) atoms. The Labute approximate surface area is 164 Å². The van der Waals surface area contributed by atoms with Gasteiger partial charge in [0, 0.05) is 0 Å². The second-order valence-electron chi connectivity index (χ2n) is 5.92. The van der Waals surface area contributed by atoms with E-state index < -0.39 is 18.0 Å². The highest BCUT2D eigenvalue weighted by Gasteiger charge is 2.20. The SMILES string of the molecule is CCOc1ccccc1NC(=O)C(C)OC(=O)Cc1ccc(OC)c(OC)c1. The van der Waals surface area contributed by atoms with Gasteiger partial charge in [0.05, 0.1) is 32.9 Å². The second kappa shape index (κ2) is 10.2. The summed E-state index contributed by atoms with van der Waals surface area (Å²) in [6, 6.07) is 12.2. The number of amides is 1. The average Bonchev–Trinajstić information content (AvgIpc) is 2.69. The van der Waals surface area contributed by atoms with Gasteiger partial charge in [-0.25, -0.2) is 0 Å². The highest BCUT2D eigenvalue weighted by Crippen LogP contribution is 2.28. The Morgan fingerprint density at radius 1 is 1.00 bits per heavy atom. The van der Waals surface area contributed by atoms with Gasteiger partial charge in [0.1, 0.15) is 5.75 Å². The van der Waals surface area contributed by atoms with Crippen LogP contribution in [0, 0.1) is 0 Å². The summed E-state index contributed by atoms with van der Waals surface area (Å²) in [5.74, 6) is 0.689. The van der Waals surface area contributed by atoms with E-state index in [4.69, 9.17) is 18.9 Å². The van der Waals surface area contributed by atoms with E-state index in [1.165, 1.54) is 21.1 Å². The molecule has 1 amide bonds. The standard InChI is InChI=1S/C21H25NO6/c1-5-27-17-9-7-6-8-16(17)22-21(24)14(2)28-20(23)13-15-10-11-18(25-3)19(12-15)26-4/h6-12,14H,5,13H2,1-4H3,(H,22,24). The van der Waals surface area contributed by atoms with Crippen molar-refractivity contribution in [1.29, 1.82) is 0 Å². The van der Waals surface area contributed by atoms with Crippen molar-refractivity contribution in [3.05, 3.63) is 48.0 Å². The van der Waals surface area contributed by atoms with Crippen LogP contribution in [0.1, 0.15) is 19.4 Å². The lowest BCUT2D eigenvalue weighted by atomic mass is 10.1. The van der Waals surface area contributed by atoms with Crippen LogP contribution in [0.3, 0.4) is 0 Å². The minimum absolute atomic E-state index is 0.00745. The first-order chi connectivity index (χ1) is 13.5.